The number of hydrogen-bond donors (Lipinski definition) is 1. The predicted molar refractivity (Wildman–Crippen MR) is 82.7 cm³/mol. The fraction of sp³-hybridized carbons (Fsp3) is 0.375. The largest absolute Gasteiger partial charge is 0.490 e. The molecular formula is C16H21N3O2. The van der Waals surface area contributed by atoms with Gasteiger partial charge in [0.2, 0.25) is 5.88 Å². The molecule has 0 unspecified atom stereocenters. The molecule has 0 fully saturated rings. The first-order valence-electron chi connectivity index (χ1n) is 7.13. The SMILES string of the molecule is CCOc1cccnc1NCc1cccnc1OC(C)C. The van der Waals surface area contributed by atoms with Gasteiger partial charge < -0.3 is 14.8 Å². The molecule has 21 heavy (non-hydrogen) atoms. The Morgan fingerprint density at radius 3 is 2.67 bits per heavy atom. The molecule has 112 valence electrons. The maximum atomic E-state index is 5.71. The highest BCUT2D eigenvalue weighted by atomic mass is 16.5. The third-order valence-corrected chi connectivity index (χ3v) is 2.71. The van der Waals surface area contributed by atoms with E-state index in [-0.39, 0.29) is 6.10 Å². The average molecular weight is 287 g/mol. The van der Waals surface area contributed by atoms with Crippen molar-refractivity contribution in [3.8, 4) is 11.6 Å². The second kappa shape index (κ2) is 7.47. The summed E-state index contributed by atoms with van der Waals surface area (Å²) < 4.78 is 11.3. The van der Waals surface area contributed by atoms with Gasteiger partial charge in [0.25, 0.3) is 0 Å². The van der Waals surface area contributed by atoms with Crippen LogP contribution in [0.25, 0.3) is 0 Å². The van der Waals surface area contributed by atoms with Crippen LogP contribution < -0.4 is 14.8 Å². The molecule has 0 aliphatic heterocycles. The van der Waals surface area contributed by atoms with Crippen LogP contribution in [-0.4, -0.2) is 22.7 Å². The maximum absolute atomic E-state index is 5.71. The molecule has 0 atom stereocenters. The number of nitrogens with one attached hydrogen (secondary N) is 1. The second-order valence-electron chi connectivity index (χ2n) is 4.77. The molecule has 2 rings (SSSR count). The summed E-state index contributed by atoms with van der Waals surface area (Å²) in [6, 6.07) is 7.63. The van der Waals surface area contributed by atoms with E-state index in [1.54, 1.807) is 12.4 Å². The van der Waals surface area contributed by atoms with E-state index in [0.717, 1.165) is 17.1 Å². The number of anilines is 1. The molecule has 0 radical (unpaired) electrons. The molecule has 5 nitrogen and oxygen atoms in total. The Hall–Kier alpha value is -2.30. The molecule has 0 saturated heterocycles. The topological polar surface area (TPSA) is 56.3 Å². The van der Waals surface area contributed by atoms with Crippen molar-refractivity contribution in [2.75, 3.05) is 11.9 Å². The van der Waals surface area contributed by atoms with Crippen molar-refractivity contribution in [1.29, 1.82) is 0 Å². The number of ether oxygens (including phenoxy) is 2. The van der Waals surface area contributed by atoms with Gasteiger partial charge in [-0.1, -0.05) is 6.07 Å². The summed E-state index contributed by atoms with van der Waals surface area (Å²) in [5.74, 6) is 2.11. The molecule has 2 aromatic heterocycles. The van der Waals surface area contributed by atoms with Crippen LogP contribution in [0.5, 0.6) is 11.6 Å². The van der Waals surface area contributed by atoms with E-state index in [1.165, 1.54) is 0 Å². The minimum Gasteiger partial charge on any atom is -0.490 e. The van der Waals surface area contributed by atoms with E-state index < -0.39 is 0 Å². The average Bonchev–Trinajstić information content (AvgIpc) is 2.47. The van der Waals surface area contributed by atoms with Crippen molar-refractivity contribution < 1.29 is 9.47 Å². The van der Waals surface area contributed by atoms with Gasteiger partial charge in [0.05, 0.1) is 12.7 Å². The normalized spacial score (nSPS) is 10.5. The number of hydrogen-bond acceptors (Lipinski definition) is 5. The van der Waals surface area contributed by atoms with Gasteiger partial charge in [-0.05, 0) is 39.0 Å². The van der Waals surface area contributed by atoms with Gasteiger partial charge in [-0.3, -0.25) is 0 Å². The highest BCUT2D eigenvalue weighted by Crippen LogP contribution is 2.23. The fourth-order valence-corrected chi connectivity index (χ4v) is 1.86. The minimum atomic E-state index is 0.0903. The Labute approximate surface area is 125 Å². The zero-order valence-electron chi connectivity index (χ0n) is 12.7. The molecule has 0 bridgehead atoms. The summed E-state index contributed by atoms with van der Waals surface area (Å²) in [7, 11) is 0. The first-order chi connectivity index (χ1) is 10.2. The predicted octanol–water partition coefficient (Wildman–Crippen LogP) is 3.27. The Kier molecular flexibility index (Phi) is 5.37. The summed E-state index contributed by atoms with van der Waals surface area (Å²) in [6.45, 7) is 7.10. The molecule has 2 heterocycles. The quantitative estimate of drug-likeness (QED) is 0.847. The molecule has 2 aromatic rings. The summed E-state index contributed by atoms with van der Waals surface area (Å²) in [4.78, 5) is 8.58. The first kappa shape index (κ1) is 15.1. The van der Waals surface area contributed by atoms with E-state index in [1.807, 2.05) is 45.0 Å². The van der Waals surface area contributed by atoms with E-state index in [4.69, 9.17) is 9.47 Å². The number of rotatable bonds is 7. The van der Waals surface area contributed by atoms with Gasteiger partial charge >= 0.3 is 0 Å². The molecule has 0 amide bonds. The molecule has 1 N–H and O–H groups in total. The molecule has 0 spiro atoms. The van der Waals surface area contributed by atoms with Gasteiger partial charge in [0.1, 0.15) is 0 Å². The number of aromatic nitrogens is 2. The zero-order chi connectivity index (χ0) is 15.1. The highest BCUT2D eigenvalue weighted by Gasteiger charge is 2.08. The second-order valence-corrected chi connectivity index (χ2v) is 4.77. The minimum absolute atomic E-state index is 0.0903. The molecular weight excluding hydrogens is 266 g/mol. The highest BCUT2D eigenvalue weighted by molar-refractivity contribution is 5.50. The van der Waals surface area contributed by atoms with Crippen molar-refractivity contribution in [3.63, 3.8) is 0 Å². The van der Waals surface area contributed by atoms with Crippen LogP contribution in [0.4, 0.5) is 5.82 Å². The summed E-state index contributed by atoms with van der Waals surface area (Å²) >= 11 is 0. The van der Waals surface area contributed by atoms with Gasteiger partial charge in [-0.15, -0.1) is 0 Å². The van der Waals surface area contributed by atoms with Crippen molar-refractivity contribution in [2.45, 2.75) is 33.4 Å². The lowest BCUT2D eigenvalue weighted by atomic mass is 10.2. The van der Waals surface area contributed by atoms with E-state index in [2.05, 4.69) is 15.3 Å². The fourth-order valence-electron chi connectivity index (χ4n) is 1.86. The molecule has 5 heteroatoms. The van der Waals surface area contributed by atoms with Crippen LogP contribution in [-0.2, 0) is 6.54 Å². The Morgan fingerprint density at radius 2 is 1.90 bits per heavy atom. The number of pyridine rings is 2. The van der Waals surface area contributed by atoms with Crippen LogP contribution in [0.2, 0.25) is 0 Å². The Morgan fingerprint density at radius 1 is 1.14 bits per heavy atom. The molecule has 0 aromatic carbocycles. The molecule has 0 aliphatic rings. The van der Waals surface area contributed by atoms with Crippen LogP contribution in [0.15, 0.2) is 36.7 Å². The van der Waals surface area contributed by atoms with Crippen LogP contribution in [0, 0.1) is 0 Å². The first-order valence-corrected chi connectivity index (χ1v) is 7.13. The van der Waals surface area contributed by atoms with E-state index >= 15 is 0 Å². The third kappa shape index (κ3) is 4.34. The van der Waals surface area contributed by atoms with E-state index in [0.29, 0.717) is 19.0 Å². The van der Waals surface area contributed by atoms with Crippen molar-refractivity contribution in [3.05, 3.63) is 42.2 Å². The lowest BCUT2D eigenvalue weighted by molar-refractivity contribution is 0.230. The van der Waals surface area contributed by atoms with Gasteiger partial charge in [0.15, 0.2) is 11.6 Å². The smallest absolute Gasteiger partial charge is 0.218 e. The lowest BCUT2D eigenvalue weighted by Gasteiger charge is -2.14. The molecule has 0 aliphatic carbocycles. The van der Waals surface area contributed by atoms with Gasteiger partial charge in [-0.25, -0.2) is 9.97 Å². The van der Waals surface area contributed by atoms with E-state index in [9.17, 15) is 0 Å². The van der Waals surface area contributed by atoms with Gasteiger partial charge in [-0.2, -0.15) is 0 Å². The number of nitrogens with zero attached hydrogens (tertiary/aromatic N) is 2. The summed E-state index contributed by atoms with van der Waals surface area (Å²) in [6.07, 6.45) is 3.56. The van der Waals surface area contributed by atoms with Gasteiger partial charge in [0, 0.05) is 24.5 Å². The van der Waals surface area contributed by atoms with Crippen molar-refractivity contribution >= 4 is 5.82 Å². The third-order valence-electron chi connectivity index (χ3n) is 2.71. The monoisotopic (exact) mass is 287 g/mol. The zero-order valence-corrected chi connectivity index (χ0v) is 12.7. The lowest BCUT2D eigenvalue weighted by Crippen LogP contribution is -2.11. The molecule has 0 saturated carbocycles. The Bertz CT molecular complexity index is 573. The van der Waals surface area contributed by atoms with Crippen LogP contribution >= 0.6 is 0 Å². The van der Waals surface area contributed by atoms with Crippen LogP contribution in [0.1, 0.15) is 26.3 Å². The van der Waals surface area contributed by atoms with Crippen LogP contribution in [0.3, 0.4) is 0 Å². The Balaban J connectivity index is 2.10. The summed E-state index contributed by atoms with van der Waals surface area (Å²) in [5.41, 5.74) is 0.985. The van der Waals surface area contributed by atoms with Crippen molar-refractivity contribution in [1.82, 2.24) is 9.97 Å². The summed E-state index contributed by atoms with van der Waals surface area (Å²) in [5, 5.41) is 3.27. The van der Waals surface area contributed by atoms with Crippen molar-refractivity contribution in [2.24, 2.45) is 0 Å². The standard InChI is InChI=1S/C16H21N3O2/c1-4-20-14-8-6-9-17-15(14)19-11-13-7-5-10-18-16(13)21-12(2)3/h5-10,12H,4,11H2,1-3H3,(H,17,19). The maximum Gasteiger partial charge on any atom is 0.218 e.